The molecule has 0 aromatic heterocycles. The first-order valence-corrected chi connectivity index (χ1v) is 8.80. The van der Waals surface area contributed by atoms with Crippen molar-refractivity contribution in [2.24, 2.45) is 0 Å². The summed E-state index contributed by atoms with van der Waals surface area (Å²) in [4.78, 5) is 12.1. The highest BCUT2D eigenvalue weighted by Crippen LogP contribution is 2.41. The fourth-order valence-corrected chi connectivity index (χ4v) is 2.85. The molecule has 1 saturated carbocycles. The number of hydrogen-bond acceptors (Lipinski definition) is 2. The second kappa shape index (κ2) is 8.19. The van der Waals surface area contributed by atoms with E-state index in [1.807, 2.05) is 6.92 Å². The van der Waals surface area contributed by atoms with Crippen LogP contribution >= 0.6 is 0 Å². The summed E-state index contributed by atoms with van der Waals surface area (Å²) in [7, 11) is 0. The van der Waals surface area contributed by atoms with Crippen molar-refractivity contribution in [2.45, 2.75) is 64.3 Å². The van der Waals surface area contributed by atoms with Crippen LogP contribution in [0.25, 0.3) is 0 Å². The predicted octanol–water partition coefficient (Wildman–Crippen LogP) is 4.16. The third kappa shape index (κ3) is 5.12. The number of benzene rings is 1. The van der Waals surface area contributed by atoms with Crippen molar-refractivity contribution in [3.05, 3.63) is 47.7 Å². The monoisotopic (exact) mass is 315 g/mol. The zero-order valence-corrected chi connectivity index (χ0v) is 14.5. The number of rotatable bonds is 10. The van der Waals surface area contributed by atoms with Crippen LogP contribution in [0.5, 0.6) is 0 Å². The van der Waals surface area contributed by atoms with Crippen LogP contribution in [-0.4, -0.2) is 18.1 Å². The summed E-state index contributed by atoms with van der Waals surface area (Å²) in [5, 5.41) is 3.10. The Morgan fingerprint density at radius 3 is 2.30 bits per heavy atom. The first-order chi connectivity index (χ1) is 11.1. The summed E-state index contributed by atoms with van der Waals surface area (Å²) in [6.45, 7) is 8.68. The van der Waals surface area contributed by atoms with E-state index in [9.17, 15) is 4.79 Å². The van der Waals surface area contributed by atoms with Gasteiger partial charge in [-0.3, -0.25) is 4.79 Å². The molecule has 3 heteroatoms. The zero-order valence-electron chi connectivity index (χ0n) is 14.5. The van der Waals surface area contributed by atoms with E-state index in [1.165, 1.54) is 17.5 Å². The summed E-state index contributed by atoms with van der Waals surface area (Å²) < 4.78 is 5.47. The Bertz CT molecular complexity index is 529. The van der Waals surface area contributed by atoms with Gasteiger partial charge in [0.1, 0.15) is 5.76 Å². The van der Waals surface area contributed by atoms with E-state index in [0.29, 0.717) is 18.8 Å². The number of nitrogens with one attached hydrogen (secondary N) is 1. The van der Waals surface area contributed by atoms with E-state index >= 15 is 0 Å². The van der Waals surface area contributed by atoms with Crippen LogP contribution in [0.1, 0.15) is 57.1 Å². The summed E-state index contributed by atoms with van der Waals surface area (Å²) >= 11 is 0. The van der Waals surface area contributed by atoms with Gasteiger partial charge >= 0.3 is 0 Å². The fraction of sp³-hybridized carbons (Fsp3) is 0.550. The number of carbonyl (C=O) groups is 1. The molecule has 0 saturated heterocycles. The van der Waals surface area contributed by atoms with E-state index in [0.717, 1.165) is 32.1 Å². The van der Waals surface area contributed by atoms with Gasteiger partial charge in [0.2, 0.25) is 5.91 Å². The molecule has 1 aromatic rings. The van der Waals surface area contributed by atoms with Crippen LogP contribution in [0, 0.1) is 0 Å². The van der Waals surface area contributed by atoms with Gasteiger partial charge in [0.25, 0.3) is 0 Å². The van der Waals surface area contributed by atoms with Crippen molar-refractivity contribution < 1.29 is 9.53 Å². The molecule has 1 aliphatic rings. The quantitative estimate of drug-likeness (QED) is 0.658. The molecule has 0 radical (unpaired) electrons. The molecule has 0 bridgehead atoms. The Labute approximate surface area is 140 Å². The summed E-state index contributed by atoms with van der Waals surface area (Å²) in [5.74, 6) is 0.811. The summed E-state index contributed by atoms with van der Waals surface area (Å²) in [6, 6.07) is 8.76. The fourth-order valence-electron chi connectivity index (χ4n) is 2.85. The molecular formula is C20H29NO2. The van der Waals surface area contributed by atoms with Crippen molar-refractivity contribution in [3.63, 3.8) is 0 Å². The van der Waals surface area contributed by atoms with Crippen LogP contribution in [0.2, 0.25) is 0 Å². The standard InChI is InChI=1S/C20H29NO2/c1-4-7-17-10-12-18(13-11-17)8-6-9-19(22)21-20(14-15-20)16(3)23-5-2/h10-13H,3-9,14-15H2,1-2H3,(H,21,22). The molecule has 0 heterocycles. The maximum absolute atomic E-state index is 12.1. The average molecular weight is 315 g/mol. The number of ether oxygens (including phenoxy) is 1. The minimum absolute atomic E-state index is 0.103. The van der Waals surface area contributed by atoms with Crippen molar-refractivity contribution >= 4 is 5.91 Å². The molecule has 23 heavy (non-hydrogen) atoms. The van der Waals surface area contributed by atoms with Gasteiger partial charge in [-0.2, -0.15) is 0 Å². The number of hydrogen-bond donors (Lipinski definition) is 1. The van der Waals surface area contributed by atoms with Crippen LogP contribution in [-0.2, 0) is 22.4 Å². The lowest BCUT2D eigenvalue weighted by Crippen LogP contribution is -2.38. The van der Waals surface area contributed by atoms with E-state index < -0.39 is 0 Å². The van der Waals surface area contributed by atoms with Gasteiger partial charge in [-0.25, -0.2) is 0 Å². The highest BCUT2D eigenvalue weighted by atomic mass is 16.5. The Kier molecular flexibility index (Phi) is 6.26. The van der Waals surface area contributed by atoms with Gasteiger partial charge in [-0.05, 0) is 50.2 Å². The molecular weight excluding hydrogens is 286 g/mol. The Morgan fingerprint density at radius 2 is 1.78 bits per heavy atom. The van der Waals surface area contributed by atoms with E-state index in [1.54, 1.807) is 0 Å². The van der Waals surface area contributed by atoms with Gasteiger partial charge in [0.05, 0.1) is 12.1 Å². The van der Waals surface area contributed by atoms with Crippen molar-refractivity contribution in [2.75, 3.05) is 6.61 Å². The second-order valence-electron chi connectivity index (χ2n) is 6.41. The topological polar surface area (TPSA) is 38.3 Å². The van der Waals surface area contributed by atoms with Gasteiger partial charge in [0.15, 0.2) is 0 Å². The smallest absolute Gasteiger partial charge is 0.220 e. The molecule has 1 aromatic carbocycles. The van der Waals surface area contributed by atoms with Crippen LogP contribution < -0.4 is 5.32 Å². The molecule has 0 spiro atoms. The maximum atomic E-state index is 12.1. The SMILES string of the molecule is C=C(OCC)C1(NC(=O)CCCc2ccc(CCC)cc2)CC1. The first-order valence-electron chi connectivity index (χ1n) is 8.80. The van der Waals surface area contributed by atoms with E-state index in [2.05, 4.69) is 43.1 Å². The molecule has 1 fully saturated rings. The molecule has 1 aliphatic carbocycles. The van der Waals surface area contributed by atoms with Gasteiger partial charge in [-0.1, -0.05) is 44.2 Å². The van der Waals surface area contributed by atoms with Crippen molar-refractivity contribution in [1.29, 1.82) is 0 Å². The van der Waals surface area contributed by atoms with Crippen LogP contribution in [0.15, 0.2) is 36.6 Å². The lowest BCUT2D eigenvalue weighted by molar-refractivity contribution is -0.122. The highest BCUT2D eigenvalue weighted by Gasteiger charge is 2.48. The van der Waals surface area contributed by atoms with E-state index in [4.69, 9.17) is 4.74 Å². The molecule has 0 atom stereocenters. The normalized spacial score (nSPS) is 15.0. The molecule has 3 nitrogen and oxygen atoms in total. The molecule has 1 N–H and O–H groups in total. The second-order valence-corrected chi connectivity index (χ2v) is 6.41. The summed E-state index contributed by atoms with van der Waals surface area (Å²) in [6.07, 6.45) is 6.56. The van der Waals surface area contributed by atoms with E-state index in [-0.39, 0.29) is 11.4 Å². The van der Waals surface area contributed by atoms with Crippen molar-refractivity contribution in [1.82, 2.24) is 5.32 Å². The lowest BCUT2D eigenvalue weighted by atomic mass is 10.0. The van der Waals surface area contributed by atoms with Gasteiger partial charge < -0.3 is 10.1 Å². The van der Waals surface area contributed by atoms with Crippen molar-refractivity contribution in [3.8, 4) is 0 Å². The molecule has 0 unspecified atom stereocenters. The zero-order chi connectivity index (χ0) is 16.7. The van der Waals surface area contributed by atoms with Gasteiger partial charge in [0, 0.05) is 6.42 Å². The third-order valence-corrected chi connectivity index (χ3v) is 4.41. The summed E-state index contributed by atoms with van der Waals surface area (Å²) in [5.41, 5.74) is 2.41. The average Bonchev–Trinajstić information content (AvgIpc) is 3.30. The van der Waals surface area contributed by atoms with Gasteiger partial charge in [-0.15, -0.1) is 0 Å². The number of amides is 1. The van der Waals surface area contributed by atoms with Crippen LogP contribution in [0.4, 0.5) is 0 Å². The Hall–Kier alpha value is -1.77. The van der Waals surface area contributed by atoms with Crippen LogP contribution in [0.3, 0.4) is 0 Å². The third-order valence-electron chi connectivity index (χ3n) is 4.41. The first kappa shape index (κ1) is 17.6. The molecule has 2 rings (SSSR count). The molecule has 126 valence electrons. The molecule has 0 aliphatic heterocycles. The predicted molar refractivity (Wildman–Crippen MR) is 94.2 cm³/mol. The lowest BCUT2D eigenvalue weighted by Gasteiger charge is -2.20. The molecule has 1 amide bonds. The Balaban J connectivity index is 1.71. The Morgan fingerprint density at radius 1 is 1.17 bits per heavy atom. The minimum Gasteiger partial charge on any atom is -0.496 e. The maximum Gasteiger partial charge on any atom is 0.220 e. The highest BCUT2D eigenvalue weighted by molar-refractivity contribution is 5.77. The minimum atomic E-state index is -0.283. The number of carbonyl (C=O) groups excluding carboxylic acids is 1. The number of aryl methyl sites for hydroxylation is 2. The largest absolute Gasteiger partial charge is 0.496 e.